The number of aromatic nitrogens is 1. The number of nitrogens with zero attached hydrogens (tertiary/aromatic N) is 1. The average Bonchev–Trinajstić information content (AvgIpc) is 2.47. The second-order valence-electron chi connectivity index (χ2n) is 4.88. The molecular formula is C16H17NO2. The molecule has 0 fully saturated rings. The molecule has 0 radical (unpaired) electrons. The fourth-order valence-corrected chi connectivity index (χ4v) is 2.48. The number of aliphatic hydroxyl groups is 1. The van der Waals surface area contributed by atoms with E-state index in [0.717, 1.165) is 36.3 Å². The summed E-state index contributed by atoms with van der Waals surface area (Å²) in [6, 6.07) is 11.8. The first kappa shape index (κ1) is 12.2. The van der Waals surface area contributed by atoms with E-state index < -0.39 is 0 Å². The number of aliphatic hydroxyl groups excluding tert-OH is 1. The first-order chi connectivity index (χ1) is 9.33. The van der Waals surface area contributed by atoms with E-state index >= 15 is 0 Å². The standard InChI is InChI=1S/C16H17NO2/c18-16-6-3-4-12-7-8-14(10-15(12)16)19-11-13-5-1-2-9-17-13/h1-2,5,7-10,16,18H,3-4,6,11H2. The summed E-state index contributed by atoms with van der Waals surface area (Å²) >= 11 is 0. The summed E-state index contributed by atoms with van der Waals surface area (Å²) in [6.07, 6.45) is 4.36. The smallest absolute Gasteiger partial charge is 0.130 e. The Bertz CT molecular complexity index is 554. The monoisotopic (exact) mass is 255 g/mol. The fourth-order valence-electron chi connectivity index (χ4n) is 2.48. The van der Waals surface area contributed by atoms with Crippen LogP contribution in [0.3, 0.4) is 0 Å². The van der Waals surface area contributed by atoms with Gasteiger partial charge in [-0.05, 0) is 54.7 Å². The van der Waals surface area contributed by atoms with Crippen molar-refractivity contribution in [1.82, 2.24) is 4.98 Å². The molecule has 3 rings (SSSR count). The minimum Gasteiger partial charge on any atom is -0.487 e. The highest BCUT2D eigenvalue weighted by Gasteiger charge is 2.18. The third-order valence-electron chi connectivity index (χ3n) is 3.51. The molecule has 2 aromatic rings. The first-order valence-corrected chi connectivity index (χ1v) is 6.66. The van der Waals surface area contributed by atoms with E-state index in [1.165, 1.54) is 5.56 Å². The third kappa shape index (κ3) is 2.76. The van der Waals surface area contributed by atoms with Crippen molar-refractivity contribution in [2.75, 3.05) is 0 Å². The van der Waals surface area contributed by atoms with Gasteiger partial charge in [0.2, 0.25) is 0 Å². The fraction of sp³-hybridized carbons (Fsp3) is 0.312. The summed E-state index contributed by atoms with van der Waals surface area (Å²) < 4.78 is 5.73. The summed E-state index contributed by atoms with van der Waals surface area (Å²) in [7, 11) is 0. The SMILES string of the molecule is OC1CCCc2ccc(OCc3ccccn3)cc21. The van der Waals surface area contributed by atoms with Crippen molar-refractivity contribution in [2.24, 2.45) is 0 Å². The molecule has 3 nitrogen and oxygen atoms in total. The van der Waals surface area contributed by atoms with Crippen molar-refractivity contribution in [2.45, 2.75) is 32.0 Å². The van der Waals surface area contributed by atoms with Gasteiger partial charge in [-0.25, -0.2) is 0 Å². The van der Waals surface area contributed by atoms with E-state index in [1.807, 2.05) is 30.3 Å². The van der Waals surface area contributed by atoms with Gasteiger partial charge in [0.25, 0.3) is 0 Å². The number of rotatable bonds is 3. The van der Waals surface area contributed by atoms with E-state index in [2.05, 4.69) is 11.1 Å². The van der Waals surface area contributed by atoms with Crippen LogP contribution in [0.4, 0.5) is 0 Å². The van der Waals surface area contributed by atoms with E-state index in [-0.39, 0.29) is 6.10 Å². The normalized spacial score (nSPS) is 17.8. The highest BCUT2D eigenvalue weighted by Crippen LogP contribution is 2.32. The zero-order valence-electron chi connectivity index (χ0n) is 10.7. The Kier molecular flexibility index (Phi) is 3.47. The lowest BCUT2D eigenvalue weighted by molar-refractivity contribution is 0.156. The Morgan fingerprint density at radius 1 is 1.26 bits per heavy atom. The predicted molar refractivity (Wildman–Crippen MR) is 72.9 cm³/mol. The highest BCUT2D eigenvalue weighted by molar-refractivity contribution is 5.38. The number of benzene rings is 1. The maximum Gasteiger partial charge on any atom is 0.130 e. The van der Waals surface area contributed by atoms with E-state index in [1.54, 1.807) is 6.20 Å². The van der Waals surface area contributed by atoms with Gasteiger partial charge in [0.1, 0.15) is 12.4 Å². The van der Waals surface area contributed by atoms with Gasteiger partial charge in [0, 0.05) is 6.20 Å². The van der Waals surface area contributed by atoms with Gasteiger partial charge in [0.15, 0.2) is 0 Å². The zero-order valence-corrected chi connectivity index (χ0v) is 10.7. The van der Waals surface area contributed by atoms with Gasteiger partial charge >= 0.3 is 0 Å². The lowest BCUT2D eigenvalue weighted by Crippen LogP contribution is -2.09. The van der Waals surface area contributed by atoms with Crippen LogP contribution in [0.15, 0.2) is 42.6 Å². The second-order valence-corrected chi connectivity index (χ2v) is 4.88. The molecule has 0 spiro atoms. The van der Waals surface area contributed by atoms with Gasteiger partial charge in [-0.1, -0.05) is 12.1 Å². The minimum atomic E-state index is -0.345. The molecule has 19 heavy (non-hydrogen) atoms. The van der Waals surface area contributed by atoms with Crippen LogP contribution in [0.1, 0.15) is 35.8 Å². The van der Waals surface area contributed by atoms with Crippen LogP contribution in [-0.4, -0.2) is 10.1 Å². The van der Waals surface area contributed by atoms with Gasteiger partial charge in [0.05, 0.1) is 11.8 Å². The molecule has 1 aliphatic carbocycles. The molecule has 3 heteroatoms. The van der Waals surface area contributed by atoms with Crippen LogP contribution in [-0.2, 0) is 13.0 Å². The van der Waals surface area contributed by atoms with Crippen LogP contribution in [0.5, 0.6) is 5.75 Å². The van der Waals surface area contributed by atoms with Crippen molar-refractivity contribution < 1.29 is 9.84 Å². The number of hydrogen-bond donors (Lipinski definition) is 1. The van der Waals surface area contributed by atoms with E-state index in [0.29, 0.717) is 6.61 Å². The second kappa shape index (κ2) is 5.41. The molecule has 1 aromatic carbocycles. The largest absolute Gasteiger partial charge is 0.487 e. The van der Waals surface area contributed by atoms with Crippen LogP contribution < -0.4 is 4.74 Å². The highest BCUT2D eigenvalue weighted by atomic mass is 16.5. The molecule has 1 aliphatic rings. The van der Waals surface area contributed by atoms with Crippen molar-refractivity contribution in [3.8, 4) is 5.75 Å². The summed E-state index contributed by atoms with van der Waals surface area (Å²) in [5.74, 6) is 0.797. The van der Waals surface area contributed by atoms with Crippen LogP contribution in [0.25, 0.3) is 0 Å². The molecule has 1 heterocycles. The Morgan fingerprint density at radius 3 is 3.05 bits per heavy atom. The lowest BCUT2D eigenvalue weighted by Gasteiger charge is -2.21. The van der Waals surface area contributed by atoms with Crippen molar-refractivity contribution in [3.63, 3.8) is 0 Å². The van der Waals surface area contributed by atoms with Crippen LogP contribution >= 0.6 is 0 Å². The van der Waals surface area contributed by atoms with Crippen molar-refractivity contribution in [3.05, 3.63) is 59.4 Å². The van der Waals surface area contributed by atoms with Gasteiger partial charge in [-0.15, -0.1) is 0 Å². The average molecular weight is 255 g/mol. The summed E-state index contributed by atoms with van der Waals surface area (Å²) in [5.41, 5.74) is 3.16. The molecule has 98 valence electrons. The molecule has 0 bridgehead atoms. The molecule has 0 saturated heterocycles. The third-order valence-corrected chi connectivity index (χ3v) is 3.51. The molecule has 1 unspecified atom stereocenters. The molecule has 1 atom stereocenters. The number of fused-ring (bicyclic) bond motifs is 1. The number of ether oxygens (including phenoxy) is 1. The Hall–Kier alpha value is -1.87. The van der Waals surface area contributed by atoms with E-state index in [9.17, 15) is 5.11 Å². The van der Waals surface area contributed by atoms with Gasteiger partial charge in [-0.2, -0.15) is 0 Å². The van der Waals surface area contributed by atoms with E-state index in [4.69, 9.17) is 4.74 Å². The zero-order chi connectivity index (χ0) is 13.1. The summed E-state index contributed by atoms with van der Waals surface area (Å²) in [5, 5.41) is 10.0. The maximum atomic E-state index is 10.0. The number of hydrogen-bond acceptors (Lipinski definition) is 3. The van der Waals surface area contributed by atoms with Crippen LogP contribution in [0, 0.1) is 0 Å². The van der Waals surface area contributed by atoms with Crippen LogP contribution in [0.2, 0.25) is 0 Å². The molecular weight excluding hydrogens is 238 g/mol. The molecule has 0 saturated carbocycles. The molecule has 0 aliphatic heterocycles. The molecule has 1 N–H and O–H groups in total. The quantitative estimate of drug-likeness (QED) is 0.916. The number of pyridine rings is 1. The summed E-state index contributed by atoms with van der Waals surface area (Å²) in [6.45, 7) is 0.454. The van der Waals surface area contributed by atoms with Crippen molar-refractivity contribution in [1.29, 1.82) is 0 Å². The predicted octanol–water partition coefficient (Wildman–Crippen LogP) is 3.03. The first-order valence-electron chi connectivity index (χ1n) is 6.66. The Balaban J connectivity index is 1.74. The van der Waals surface area contributed by atoms with Gasteiger partial charge in [-0.3, -0.25) is 4.98 Å². The van der Waals surface area contributed by atoms with Gasteiger partial charge < -0.3 is 9.84 Å². The molecule has 0 amide bonds. The topological polar surface area (TPSA) is 42.4 Å². The molecule has 1 aromatic heterocycles. The number of aryl methyl sites for hydroxylation is 1. The lowest BCUT2D eigenvalue weighted by atomic mass is 9.89. The summed E-state index contributed by atoms with van der Waals surface area (Å²) in [4.78, 5) is 4.22. The Labute approximate surface area is 112 Å². The van der Waals surface area contributed by atoms with Crippen molar-refractivity contribution >= 4 is 0 Å². The Morgan fingerprint density at radius 2 is 2.21 bits per heavy atom. The maximum absolute atomic E-state index is 10.0. The minimum absolute atomic E-state index is 0.345.